The molecule has 0 radical (unpaired) electrons. The summed E-state index contributed by atoms with van der Waals surface area (Å²) >= 11 is 0. The highest BCUT2D eigenvalue weighted by molar-refractivity contribution is 5.72. The number of rotatable bonds is 6. The summed E-state index contributed by atoms with van der Waals surface area (Å²) in [6, 6.07) is 9.91. The molecule has 17 heavy (non-hydrogen) atoms. The third-order valence-corrected chi connectivity index (χ3v) is 2.72. The van der Waals surface area contributed by atoms with Crippen molar-refractivity contribution in [2.75, 3.05) is 6.61 Å². The van der Waals surface area contributed by atoms with E-state index in [1.54, 1.807) is 6.92 Å². The van der Waals surface area contributed by atoms with E-state index in [1.807, 2.05) is 44.2 Å². The zero-order chi connectivity index (χ0) is 12.7. The monoisotopic (exact) mass is 236 g/mol. The van der Waals surface area contributed by atoms with E-state index >= 15 is 0 Å². The summed E-state index contributed by atoms with van der Waals surface area (Å²) in [4.78, 5) is 11.5. The maximum atomic E-state index is 11.5. The summed E-state index contributed by atoms with van der Waals surface area (Å²) in [6.45, 7) is 6.46. The van der Waals surface area contributed by atoms with Crippen molar-refractivity contribution in [1.82, 2.24) is 0 Å². The van der Waals surface area contributed by atoms with E-state index in [2.05, 4.69) is 0 Å². The zero-order valence-corrected chi connectivity index (χ0v) is 10.7. The summed E-state index contributed by atoms with van der Waals surface area (Å²) < 4.78 is 10.6. The first kappa shape index (κ1) is 13.7. The summed E-state index contributed by atoms with van der Waals surface area (Å²) in [5.74, 6) is -0.438. The maximum absolute atomic E-state index is 11.5. The normalized spacial score (nSPS) is 14.1. The third kappa shape index (κ3) is 4.57. The number of hydrogen-bond acceptors (Lipinski definition) is 3. The van der Waals surface area contributed by atoms with Gasteiger partial charge in [-0.2, -0.15) is 0 Å². The van der Waals surface area contributed by atoms with Gasteiger partial charge in [-0.15, -0.1) is 0 Å². The Bertz CT molecular complexity index is 335. The average molecular weight is 236 g/mol. The lowest BCUT2D eigenvalue weighted by atomic mass is 10.1. The molecule has 0 bridgehead atoms. The van der Waals surface area contributed by atoms with Gasteiger partial charge in [0.15, 0.2) is 0 Å². The Morgan fingerprint density at radius 3 is 2.47 bits per heavy atom. The van der Waals surface area contributed by atoms with Crippen LogP contribution < -0.4 is 0 Å². The molecule has 0 heterocycles. The molecule has 0 fully saturated rings. The Hall–Kier alpha value is -1.35. The van der Waals surface area contributed by atoms with Gasteiger partial charge in [0.25, 0.3) is 0 Å². The largest absolute Gasteiger partial charge is 0.466 e. The number of esters is 1. The number of hydrogen-bond donors (Lipinski definition) is 0. The van der Waals surface area contributed by atoms with Crippen molar-refractivity contribution in [2.45, 2.75) is 33.5 Å². The van der Waals surface area contributed by atoms with Crippen LogP contribution in [0.3, 0.4) is 0 Å². The third-order valence-electron chi connectivity index (χ3n) is 2.72. The van der Waals surface area contributed by atoms with E-state index in [9.17, 15) is 4.79 Å². The molecule has 0 aliphatic heterocycles. The van der Waals surface area contributed by atoms with Crippen molar-refractivity contribution in [1.29, 1.82) is 0 Å². The van der Waals surface area contributed by atoms with Crippen LogP contribution in [-0.4, -0.2) is 18.7 Å². The van der Waals surface area contributed by atoms with Gasteiger partial charge in [0.2, 0.25) is 0 Å². The highest BCUT2D eigenvalue weighted by atomic mass is 16.5. The topological polar surface area (TPSA) is 35.5 Å². The molecule has 0 spiro atoms. The van der Waals surface area contributed by atoms with E-state index in [0.717, 1.165) is 5.56 Å². The molecule has 94 valence electrons. The van der Waals surface area contributed by atoms with Crippen molar-refractivity contribution in [2.24, 2.45) is 5.92 Å². The van der Waals surface area contributed by atoms with Crippen LogP contribution in [0.25, 0.3) is 0 Å². The smallest absolute Gasteiger partial charge is 0.311 e. The molecule has 1 aromatic carbocycles. The molecule has 0 aliphatic carbocycles. The van der Waals surface area contributed by atoms with Crippen LogP contribution in [0.5, 0.6) is 0 Å². The van der Waals surface area contributed by atoms with Crippen molar-refractivity contribution >= 4 is 5.97 Å². The Balaban J connectivity index is 2.39. The van der Waals surface area contributed by atoms with Crippen LogP contribution >= 0.6 is 0 Å². The molecule has 0 saturated carbocycles. The molecule has 0 aromatic heterocycles. The van der Waals surface area contributed by atoms with Gasteiger partial charge in [0.1, 0.15) is 0 Å². The standard InChI is InChI=1S/C14H20O3/c1-4-16-14(15)11(2)12(3)17-10-13-8-6-5-7-9-13/h5-9,11-12H,4,10H2,1-3H3/t11-,12-/m0/s1. The summed E-state index contributed by atoms with van der Waals surface area (Å²) in [5, 5.41) is 0. The van der Waals surface area contributed by atoms with Crippen LogP contribution in [0, 0.1) is 5.92 Å². The second-order valence-corrected chi connectivity index (χ2v) is 4.04. The van der Waals surface area contributed by atoms with Gasteiger partial charge >= 0.3 is 5.97 Å². The maximum Gasteiger partial charge on any atom is 0.311 e. The first-order chi connectivity index (χ1) is 8.15. The minimum atomic E-state index is -0.237. The lowest BCUT2D eigenvalue weighted by molar-refractivity contribution is -0.152. The molecular formula is C14H20O3. The number of carbonyl (C=O) groups is 1. The molecule has 0 amide bonds. The zero-order valence-electron chi connectivity index (χ0n) is 10.7. The number of ether oxygens (including phenoxy) is 2. The highest BCUT2D eigenvalue weighted by Gasteiger charge is 2.21. The van der Waals surface area contributed by atoms with E-state index < -0.39 is 0 Å². The molecule has 1 aromatic rings. The van der Waals surface area contributed by atoms with Crippen LogP contribution in [0.4, 0.5) is 0 Å². The quantitative estimate of drug-likeness (QED) is 0.712. The van der Waals surface area contributed by atoms with Gasteiger partial charge in [-0.25, -0.2) is 0 Å². The fraction of sp³-hybridized carbons (Fsp3) is 0.500. The lowest BCUT2D eigenvalue weighted by Crippen LogP contribution is -2.27. The predicted molar refractivity (Wildman–Crippen MR) is 66.5 cm³/mol. The SMILES string of the molecule is CCOC(=O)[C@@H](C)[C@H](C)OCc1ccccc1. The second-order valence-electron chi connectivity index (χ2n) is 4.04. The van der Waals surface area contributed by atoms with E-state index in [1.165, 1.54) is 0 Å². The molecule has 3 nitrogen and oxygen atoms in total. The molecule has 3 heteroatoms. The van der Waals surface area contributed by atoms with Crippen molar-refractivity contribution in [3.8, 4) is 0 Å². The Morgan fingerprint density at radius 1 is 1.24 bits per heavy atom. The Labute approximate surface area is 103 Å². The van der Waals surface area contributed by atoms with E-state index in [4.69, 9.17) is 9.47 Å². The van der Waals surface area contributed by atoms with Crippen LogP contribution in [0.2, 0.25) is 0 Å². The number of benzene rings is 1. The van der Waals surface area contributed by atoms with Crippen molar-refractivity contribution < 1.29 is 14.3 Å². The molecule has 0 saturated heterocycles. The van der Waals surface area contributed by atoms with Gasteiger partial charge in [-0.3, -0.25) is 4.79 Å². The molecular weight excluding hydrogens is 216 g/mol. The first-order valence-electron chi connectivity index (χ1n) is 5.97. The van der Waals surface area contributed by atoms with Gasteiger partial charge in [-0.1, -0.05) is 30.3 Å². The molecule has 0 unspecified atom stereocenters. The van der Waals surface area contributed by atoms with Crippen LogP contribution in [0.15, 0.2) is 30.3 Å². The van der Waals surface area contributed by atoms with Gasteiger partial charge in [-0.05, 0) is 26.3 Å². The summed E-state index contributed by atoms with van der Waals surface area (Å²) in [7, 11) is 0. The Morgan fingerprint density at radius 2 is 1.88 bits per heavy atom. The van der Waals surface area contributed by atoms with Crippen molar-refractivity contribution in [3.05, 3.63) is 35.9 Å². The first-order valence-corrected chi connectivity index (χ1v) is 5.97. The summed E-state index contributed by atoms with van der Waals surface area (Å²) in [6.07, 6.45) is -0.144. The van der Waals surface area contributed by atoms with Gasteiger partial charge in [0.05, 0.1) is 25.2 Å². The lowest BCUT2D eigenvalue weighted by Gasteiger charge is -2.19. The second kappa shape index (κ2) is 7.07. The highest BCUT2D eigenvalue weighted by Crippen LogP contribution is 2.12. The van der Waals surface area contributed by atoms with E-state index in [0.29, 0.717) is 13.2 Å². The molecule has 1 rings (SSSR count). The molecule has 0 N–H and O–H groups in total. The Kier molecular flexibility index (Phi) is 5.70. The minimum Gasteiger partial charge on any atom is -0.466 e. The van der Waals surface area contributed by atoms with Crippen LogP contribution in [-0.2, 0) is 20.9 Å². The van der Waals surface area contributed by atoms with E-state index in [-0.39, 0.29) is 18.0 Å². The van der Waals surface area contributed by atoms with Gasteiger partial charge < -0.3 is 9.47 Å². The van der Waals surface area contributed by atoms with Crippen molar-refractivity contribution in [3.63, 3.8) is 0 Å². The summed E-state index contributed by atoms with van der Waals surface area (Å²) in [5.41, 5.74) is 1.11. The number of carbonyl (C=O) groups excluding carboxylic acids is 1. The van der Waals surface area contributed by atoms with Gasteiger partial charge in [0, 0.05) is 0 Å². The fourth-order valence-electron chi connectivity index (χ4n) is 1.41. The molecule has 2 atom stereocenters. The van der Waals surface area contributed by atoms with Crippen LogP contribution in [0.1, 0.15) is 26.3 Å². The molecule has 0 aliphatic rings. The predicted octanol–water partition coefficient (Wildman–Crippen LogP) is 2.79. The fourth-order valence-corrected chi connectivity index (χ4v) is 1.41. The average Bonchev–Trinajstić information content (AvgIpc) is 2.36. The minimum absolute atomic E-state index is 0.144.